The maximum atomic E-state index is 5.60. The molecule has 3 rings (SSSR count). The summed E-state index contributed by atoms with van der Waals surface area (Å²) < 4.78 is 10.8. The zero-order chi connectivity index (χ0) is 13.9. The van der Waals surface area contributed by atoms with Crippen LogP contribution in [0.2, 0.25) is 0 Å². The van der Waals surface area contributed by atoms with Crippen molar-refractivity contribution in [1.82, 2.24) is 9.97 Å². The van der Waals surface area contributed by atoms with Crippen molar-refractivity contribution in [3.05, 3.63) is 35.9 Å². The van der Waals surface area contributed by atoms with Crippen molar-refractivity contribution in [3.63, 3.8) is 0 Å². The summed E-state index contributed by atoms with van der Waals surface area (Å²) >= 11 is 0. The van der Waals surface area contributed by atoms with Gasteiger partial charge in [0.1, 0.15) is 11.6 Å². The molecule has 2 aromatic heterocycles. The molecule has 0 spiro atoms. The predicted octanol–water partition coefficient (Wildman–Crippen LogP) is 3.12. The minimum atomic E-state index is 0.248. The number of methoxy groups -OCH3 is 1. The highest BCUT2D eigenvalue weighted by molar-refractivity contribution is 5.43. The van der Waals surface area contributed by atoms with E-state index in [0.29, 0.717) is 6.01 Å². The van der Waals surface area contributed by atoms with Crippen LogP contribution >= 0.6 is 0 Å². The van der Waals surface area contributed by atoms with Gasteiger partial charge in [0.2, 0.25) is 0 Å². The minimum absolute atomic E-state index is 0.248. The number of anilines is 1. The van der Waals surface area contributed by atoms with Crippen LogP contribution in [-0.2, 0) is 0 Å². The molecule has 20 heavy (non-hydrogen) atoms. The molecule has 0 aromatic carbocycles. The summed E-state index contributed by atoms with van der Waals surface area (Å²) in [6, 6.07) is 6.65. The van der Waals surface area contributed by atoms with E-state index in [4.69, 9.17) is 9.15 Å². The van der Waals surface area contributed by atoms with E-state index < -0.39 is 0 Å². The van der Waals surface area contributed by atoms with E-state index in [2.05, 4.69) is 14.9 Å². The highest BCUT2D eigenvalue weighted by atomic mass is 16.5. The lowest BCUT2D eigenvalue weighted by Gasteiger charge is -2.35. The predicted molar refractivity (Wildman–Crippen MR) is 76.0 cm³/mol. The molecular weight excluding hydrogens is 254 g/mol. The van der Waals surface area contributed by atoms with Crippen LogP contribution in [0.4, 0.5) is 5.82 Å². The Morgan fingerprint density at radius 2 is 2.25 bits per heavy atom. The number of hydrogen-bond donors (Lipinski definition) is 0. The number of nitrogens with zero attached hydrogens (tertiary/aromatic N) is 3. The van der Waals surface area contributed by atoms with Crippen molar-refractivity contribution in [2.75, 3.05) is 18.6 Å². The van der Waals surface area contributed by atoms with Crippen molar-refractivity contribution in [1.29, 1.82) is 0 Å². The molecule has 1 aliphatic heterocycles. The van der Waals surface area contributed by atoms with E-state index in [-0.39, 0.29) is 6.04 Å². The van der Waals surface area contributed by atoms with Crippen molar-refractivity contribution < 1.29 is 9.15 Å². The molecule has 3 heterocycles. The first-order chi connectivity index (χ1) is 9.78. The fourth-order valence-electron chi connectivity index (χ4n) is 2.75. The second kappa shape index (κ2) is 5.53. The molecule has 0 aliphatic carbocycles. The van der Waals surface area contributed by atoms with Crippen LogP contribution < -0.4 is 9.64 Å². The molecule has 0 amide bonds. The molecule has 0 bridgehead atoms. The standard InChI is InChI=1S/C15H19N3O2/c1-11-10-14(17-15(16-11)19-2)18-8-4-3-6-12(18)13-7-5-9-20-13/h5,7,9-10,12H,3-4,6,8H2,1-2H3. The van der Waals surface area contributed by atoms with E-state index in [0.717, 1.165) is 30.2 Å². The SMILES string of the molecule is COc1nc(C)cc(N2CCCCC2c2ccco2)n1. The van der Waals surface area contributed by atoms with Gasteiger partial charge in [-0.3, -0.25) is 0 Å². The van der Waals surface area contributed by atoms with Crippen LogP contribution in [-0.4, -0.2) is 23.6 Å². The van der Waals surface area contributed by atoms with Crippen molar-refractivity contribution in [2.45, 2.75) is 32.2 Å². The first-order valence-electron chi connectivity index (χ1n) is 6.97. The highest BCUT2D eigenvalue weighted by Crippen LogP contribution is 2.34. The smallest absolute Gasteiger partial charge is 0.318 e. The Balaban J connectivity index is 1.95. The van der Waals surface area contributed by atoms with E-state index in [1.54, 1.807) is 13.4 Å². The molecule has 5 nitrogen and oxygen atoms in total. The Labute approximate surface area is 118 Å². The number of hydrogen-bond acceptors (Lipinski definition) is 5. The minimum Gasteiger partial charge on any atom is -0.467 e. The molecule has 5 heteroatoms. The van der Waals surface area contributed by atoms with E-state index >= 15 is 0 Å². The van der Waals surface area contributed by atoms with Crippen molar-refractivity contribution in [3.8, 4) is 6.01 Å². The largest absolute Gasteiger partial charge is 0.467 e. The zero-order valence-electron chi connectivity index (χ0n) is 11.9. The van der Waals surface area contributed by atoms with Crippen LogP contribution in [0.15, 0.2) is 28.9 Å². The van der Waals surface area contributed by atoms with Crippen LogP contribution in [0.1, 0.15) is 36.8 Å². The van der Waals surface area contributed by atoms with Gasteiger partial charge in [-0.25, -0.2) is 4.98 Å². The summed E-state index contributed by atoms with van der Waals surface area (Å²) in [4.78, 5) is 11.0. The summed E-state index contributed by atoms with van der Waals surface area (Å²) in [5.74, 6) is 1.91. The molecule has 1 atom stereocenters. The van der Waals surface area contributed by atoms with E-state index in [1.165, 1.54) is 12.8 Å². The lowest BCUT2D eigenvalue weighted by Crippen LogP contribution is -2.34. The van der Waals surface area contributed by atoms with Gasteiger partial charge in [0, 0.05) is 18.3 Å². The second-order valence-electron chi connectivity index (χ2n) is 5.07. The fraction of sp³-hybridized carbons (Fsp3) is 0.467. The average molecular weight is 273 g/mol. The quantitative estimate of drug-likeness (QED) is 0.860. The van der Waals surface area contributed by atoms with Gasteiger partial charge in [0.15, 0.2) is 0 Å². The first kappa shape index (κ1) is 13.0. The third kappa shape index (κ3) is 2.48. The Morgan fingerprint density at radius 3 is 3.00 bits per heavy atom. The third-order valence-corrected chi connectivity index (χ3v) is 3.67. The molecule has 1 saturated heterocycles. The lowest BCUT2D eigenvalue weighted by atomic mass is 10.00. The van der Waals surface area contributed by atoms with Crippen LogP contribution in [0.3, 0.4) is 0 Å². The van der Waals surface area contributed by atoms with Gasteiger partial charge < -0.3 is 14.1 Å². The van der Waals surface area contributed by atoms with Gasteiger partial charge >= 0.3 is 6.01 Å². The molecule has 1 unspecified atom stereocenters. The molecular formula is C15H19N3O2. The molecule has 0 radical (unpaired) electrons. The summed E-state index contributed by atoms with van der Waals surface area (Å²) in [7, 11) is 1.60. The topological polar surface area (TPSA) is 51.4 Å². The van der Waals surface area contributed by atoms with Crippen LogP contribution in [0.25, 0.3) is 0 Å². The number of aromatic nitrogens is 2. The fourth-order valence-corrected chi connectivity index (χ4v) is 2.75. The normalized spacial score (nSPS) is 19.1. The molecule has 1 fully saturated rings. The highest BCUT2D eigenvalue weighted by Gasteiger charge is 2.27. The first-order valence-corrected chi connectivity index (χ1v) is 6.97. The third-order valence-electron chi connectivity index (χ3n) is 3.67. The average Bonchev–Trinajstić information content (AvgIpc) is 3.00. The van der Waals surface area contributed by atoms with E-state index in [1.807, 2.05) is 25.1 Å². The Kier molecular flexibility index (Phi) is 3.58. The maximum absolute atomic E-state index is 5.60. The molecule has 1 aliphatic rings. The Hall–Kier alpha value is -2.04. The number of rotatable bonds is 3. The summed E-state index contributed by atoms with van der Waals surface area (Å²) in [5, 5.41) is 0. The summed E-state index contributed by atoms with van der Waals surface area (Å²) in [6.45, 7) is 2.94. The van der Waals surface area contributed by atoms with Gasteiger partial charge in [0.25, 0.3) is 0 Å². The number of ether oxygens (including phenoxy) is 1. The maximum Gasteiger partial charge on any atom is 0.318 e. The number of aryl methyl sites for hydroxylation is 1. The number of furan rings is 1. The molecule has 106 valence electrons. The Bertz CT molecular complexity index is 569. The van der Waals surface area contributed by atoms with Gasteiger partial charge in [-0.15, -0.1) is 0 Å². The van der Waals surface area contributed by atoms with Gasteiger partial charge in [-0.2, -0.15) is 4.98 Å². The second-order valence-corrected chi connectivity index (χ2v) is 5.07. The van der Waals surface area contributed by atoms with E-state index in [9.17, 15) is 0 Å². The lowest BCUT2D eigenvalue weighted by molar-refractivity contribution is 0.370. The van der Waals surface area contributed by atoms with Crippen molar-refractivity contribution in [2.24, 2.45) is 0 Å². The zero-order valence-corrected chi connectivity index (χ0v) is 11.9. The summed E-state index contributed by atoms with van der Waals surface area (Å²) in [6.07, 6.45) is 5.19. The van der Waals surface area contributed by atoms with Gasteiger partial charge in [-0.05, 0) is 38.3 Å². The number of piperidine rings is 1. The summed E-state index contributed by atoms with van der Waals surface area (Å²) in [5.41, 5.74) is 0.913. The van der Waals surface area contributed by atoms with Gasteiger partial charge in [0.05, 0.1) is 19.4 Å². The molecule has 0 saturated carbocycles. The van der Waals surface area contributed by atoms with Gasteiger partial charge in [-0.1, -0.05) is 0 Å². The van der Waals surface area contributed by atoms with Crippen LogP contribution in [0, 0.1) is 6.92 Å². The van der Waals surface area contributed by atoms with Crippen LogP contribution in [0.5, 0.6) is 6.01 Å². The molecule has 0 N–H and O–H groups in total. The monoisotopic (exact) mass is 273 g/mol. The Morgan fingerprint density at radius 1 is 1.35 bits per heavy atom. The van der Waals surface area contributed by atoms with Crippen molar-refractivity contribution >= 4 is 5.82 Å². The molecule has 2 aromatic rings.